The molecule has 0 saturated carbocycles. The quantitative estimate of drug-likeness (QED) is 0.632. The van der Waals surface area contributed by atoms with E-state index in [2.05, 4.69) is 5.32 Å². The Morgan fingerprint density at radius 3 is 2.17 bits per heavy atom. The van der Waals surface area contributed by atoms with Gasteiger partial charge in [0.25, 0.3) is 0 Å². The molecule has 1 unspecified atom stereocenters. The van der Waals surface area contributed by atoms with Crippen molar-refractivity contribution in [3.05, 3.63) is 65.7 Å². The number of para-hydroxylation sites is 1. The topological polar surface area (TPSA) is 66.4 Å². The second-order valence-corrected chi connectivity index (χ2v) is 21.2. The van der Waals surface area contributed by atoms with Gasteiger partial charge in [-0.05, 0) is 0 Å². The number of carbonyl (C=O) groups is 2. The number of carboxylic acid groups (broad SMARTS) is 1. The number of carboxylic acids is 1. The van der Waals surface area contributed by atoms with Crippen molar-refractivity contribution in [3.63, 3.8) is 0 Å². The van der Waals surface area contributed by atoms with E-state index in [0.29, 0.717) is 0 Å². The molecule has 0 saturated heterocycles. The number of benzene rings is 2. The van der Waals surface area contributed by atoms with Crippen LogP contribution < -0.4 is 5.32 Å². The summed E-state index contributed by atoms with van der Waals surface area (Å²) in [7, 11) is 14.9. The summed E-state index contributed by atoms with van der Waals surface area (Å²) in [5, 5.41) is 11.8. The molecule has 1 atom stereocenters. The zero-order chi connectivity index (χ0) is 17.7. The molecule has 0 fully saturated rings. The van der Waals surface area contributed by atoms with E-state index in [1.54, 1.807) is 12.1 Å². The van der Waals surface area contributed by atoms with Gasteiger partial charge >= 0.3 is 155 Å². The van der Waals surface area contributed by atoms with Crippen LogP contribution in [0.25, 0.3) is 0 Å². The van der Waals surface area contributed by atoms with Crippen molar-refractivity contribution < 1.29 is 14.7 Å². The van der Waals surface area contributed by atoms with E-state index in [0.717, 1.165) is 5.56 Å². The molecule has 4 nitrogen and oxygen atoms in total. The molecule has 0 aliphatic carbocycles. The standard InChI is InChI=1S/C16H14Cl3GeNO3/c17-20(18,19)13(11-6-2-1-3-7-11)10-15(22)21-14-9-5-4-8-12(14)16(23)24/h1-9,13H,10H2,(H,21,22)(H,23,24). The molecule has 0 radical (unpaired) electrons. The second-order valence-electron chi connectivity index (χ2n) is 5.11. The van der Waals surface area contributed by atoms with Crippen LogP contribution in [0.2, 0.25) is 0 Å². The van der Waals surface area contributed by atoms with E-state index in [1.165, 1.54) is 12.1 Å². The molecule has 0 heterocycles. The molecule has 0 aliphatic heterocycles. The maximum atomic E-state index is 12.4. The first-order valence-electron chi connectivity index (χ1n) is 7.03. The van der Waals surface area contributed by atoms with Crippen LogP contribution in [0.3, 0.4) is 0 Å². The summed E-state index contributed by atoms with van der Waals surface area (Å²) in [6, 6.07) is 15.3. The van der Waals surface area contributed by atoms with Crippen LogP contribution in [0.15, 0.2) is 54.6 Å². The molecule has 1 amide bonds. The SMILES string of the molecule is O=C(C[CH](c1ccccc1)[Ge]([Cl])([Cl])[Cl])Nc1ccccc1C(=O)O. The predicted octanol–water partition coefficient (Wildman–Crippen LogP) is 4.69. The van der Waals surface area contributed by atoms with Gasteiger partial charge in [0.2, 0.25) is 0 Å². The van der Waals surface area contributed by atoms with E-state index >= 15 is 0 Å². The third-order valence-electron chi connectivity index (χ3n) is 3.42. The van der Waals surface area contributed by atoms with Gasteiger partial charge < -0.3 is 0 Å². The van der Waals surface area contributed by atoms with Crippen LogP contribution >= 0.6 is 30.0 Å². The van der Waals surface area contributed by atoms with Gasteiger partial charge in [0.05, 0.1) is 0 Å². The molecule has 2 aromatic rings. The minimum atomic E-state index is -3.74. The Hall–Kier alpha value is -1.21. The van der Waals surface area contributed by atoms with Gasteiger partial charge in [-0.2, -0.15) is 0 Å². The normalized spacial score (nSPS) is 12.5. The van der Waals surface area contributed by atoms with Crippen molar-refractivity contribution in [2.24, 2.45) is 0 Å². The average Bonchev–Trinajstić information content (AvgIpc) is 2.52. The number of nitrogens with one attached hydrogen (secondary N) is 1. The van der Waals surface area contributed by atoms with Crippen molar-refractivity contribution >= 4 is 58.1 Å². The van der Waals surface area contributed by atoms with Crippen LogP contribution in [0.1, 0.15) is 27.1 Å². The molecule has 8 heteroatoms. The molecule has 2 rings (SSSR count). The van der Waals surface area contributed by atoms with Gasteiger partial charge in [-0.1, -0.05) is 0 Å². The number of hydrogen-bond acceptors (Lipinski definition) is 2. The predicted molar refractivity (Wildman–Crippen MR) is 99.1 cm³/mol. The van der Waals surface area contributed by atoms with E-state index < -0.39 is 27.1 Å². The first-order valence-corrected chi connectivity index (χ1v) is 16.5. The summed E-state index contributed by atoms with van der Waals surface area (Å²) in [5.41, 5.74) is 1.02. The van der Waals surface area contributed by atoms with Gasteiger partial charge in [0.15, 0.2) is 0 Å². The summed E-state index contributed by atoms with van der Waals surface area (Å²) in [6.07, 6.45) is -0.0194. The molecule has 0 bridgehead atoms. The monoisotopic (exact) mass is 447 g/mol. The van der Waals surface area contributed by atoms with Crippen molar-refractivity contribution in [1.29, 1.82) is 0 Å². The summed E-state index contributed by atoms with van der Waals surface area (Å²) >= 11 is 0. The van der Waals surface area contributed by atoms with Crippen LogP contribution in [0.5, 0.6) is 0 Å². The van der Waals surface area contributed by atoms with Crippen LogP contribution in [-0.2, 0) is 4.79 Å². The number of carbonyl (C=O) groups excluding carboxylic acids is 1. The fourth-order valence-electron chi connectivity index (χ4n) is 2.27. The molecule has 126 valence electrons. The summed E-state index contributed by atoms with van der Waals surface area (Å²) in [4.78, 5) is 23.6. The number of hydrogen-bond donors (Lipinski definition) is 2. The van der Waals surface area contributed by atoms with Crippen molar-refractivity contribution in [2.75, 3.05) is 5.32 Å². The molecular formula is C16H14Cl3GeNO3. The molecular weight excluding hydrogens is 433 g/mol. The zero-order valence-corrected chi connectivity index (χ0v) is 16.7. The Bertz CT molecular complexity index is 735. The fourth-order valence-corrected chi connectivity index (χ4v) is 7.51. The molecule has 24 heavy (non-hydrogen) atoms. The number of aromatic carboxylic acids is 1. The summed E-state index contributed by atoms with van der Waals surface area (Å²) in [5.74, 6) is -1.51. The van der Waals surface area contributed by atoms with E-state index in [1.807, 2.05) is 30.3 Å². The molecule has 2 aromatic carbocycles. The number of halogens is 3. The number of amides is 1. The Balaban J connectivity index is 2.19. The maximum absolute atomic E-state index is 12.4. The second kappa shape index (κ2) is 8.25. The Morgan fingerprint density at radius 1 is 1.00 bits per heavy atom. The van der Waals surface area contributed by atoms with Crippen LogP contribution in [0, 0.1) is 0 Å². The van der Waals surface area contributed by atoms with Gasteiger partial charge in [-0.25, -0.2) is 0 Å². The number of rotatable bonds is 6. The van der Waals surface area contributed by atoms with Crippen LogP contribution in [0.4, 0.5) is 5.69 Å². The summed E-state index contributed by atoms with van der Waals surface area (Å²) < 4.78 is -0.479. The molecule has 0 aliphatic rings. The summed E-state index contributed by atoms with van der Waals surface area (Å²) in [6.45, 7) is 0. The fraction of sp³-hybridized carbons (Fsp3) is 0.125. The Labute approximate surface area is 154 Å². The van der Waals surface area contributed by atoms with Crippen LogP contribution in [-0.4, -0.2) is 27.5 Å². The van der Waals surface area contributed by atoms with Gasteiger partial charge in [-0.15, -0.1) is 0 Å². The third-order valence-corrected chi connectivity index (χ3v) is 10.3. The first kappa shape index (κ1) is 19.1. The molecule has 0 spiro atoms. The Morgan fingerprint density at radius 2 is 1.58 bits per heavy atom. The van der Waals surface area contributed by atoms with E-state index in [9.17, 15) is 9.59 Å². The van der Waals surface area contributed by atoms with Gasteiger partial charge in [0, 0.05) is 0 Å². The molecule has 2 N–H and O–H groups in total. The number of anilines is 1. The molecule has 0 aromatic heterocycles. The van der Waals surface area contributed by atoms with Crippen molar-refractivity contribution in [1.82, 2.24) is 0 Å². The zero-order valence-electron chi connectivity index (χ0n) is 12.4. The van der Waals surface area contributed by atoms with Gasteiger partial charge in [0.1, 0.15) is 0 Å². The van der Waals surface area contributed by atoms with Crippen molar-refractivity contribution in [3.8, 4) is 0 Å². The van der Waals surface area contributed by atoms with E-state index in [-0.39, 0.29) is 17.7 Å². The third kappa shape index (κ3) is 5.14. The van der Waals surface area contributed by atoms with E-state index in [4.69, 9.17) is 35.1 Å². The van der Waals surface area contributed by atoms with Crippen molar-refractivity contribution in [2.45, 2.75) is 11.2 Å². The Kier molecular flexibility index (Phi) is 6.57. The van der Waals surface area contributed by atoms with Gasteiger partial charge in [-0.3, -0.25) is 0 Å². The first-order chi connectivity index (χ1) is 11.3. The average molecular weight is 447 g/mol. The minimum absolute atomic E-state index is 0.0116.